The van der Waals surface area contributed by atoms with Crippen LogP contribution in [-0.4, -0.2) is 24.3 Å². The van der Waals surface area contributed by atoms with E-state index in [0.29, 0.717) is 0 Å². The monoisotopic (exact) mass is 220 g/mol. The van der Waals surface area contributed by atoms with Crippen LogP contribution in [0.4, 0.5) is 11.4 Å². The maximum absolute atomic E-state index is 9.31. The van der Waals surface area contributed by atoms with E-state index in [4.69, 9.17) is 5.73 Å². The van der Waals surface area contributed by atoms with Crippen LogP contribution < -0.4 is 10.6 Å². The van der Waals surface area contributed by atoms with Gasteiger partial charge in [-0.15, -0.1) is 0 Å². The molecule has 0 saturated carbocycles. The van der Waals surface area contributed by atoms with E-state index in [1.807, 2.05) is 13.8 Å². The first-order valence-electron chi connectivity index (χ1n) is 5.90. The first-order valence-corrected chi connectivity index (χ1v) is 5.90. The predicted octanol–water partition coefficient (Wildman–Crippen LogP) is 1.71. The number of nitrogen functional groups attached to an aromatic ring is 1. The maximum atomic E-state index is 9.31. The lowest BCUT2D eigenvalue weighted by atomic mass is 10.1. The maximum Gasteiger partial charge on any atom is 0.0528 e. The fraction of sp³-hybridized carbons (Fsp3) is 0.538. The van der Waals surface area contributed by atoms with Gasteiger partial charge in [0, 0.05) is 24.5 Å². The Balaban J connectivity index is 2.16. The van der Waals surface area contributed by atoms with E-state index in [1.165, 1.54) is 11.3 Å². The van der Waals surface area contributed by atoms with Crippen molar-refractivity contribution in [2.75, 3.05) is 23.7 Å². The number of nitrogens with two attached hydrogens (primary N) is 1. The van der Waals surface area contributed by atoms with Crippen LogP contribution in [0.1, 0.15) is 24.5 Å². The van der Waals surface area contributed by atoms with Gasteiger partial charge in [-0.25, -0.2) is 0 Å². The Labute approximate surface area is 96.9 Å². The Hall–Kier alpha value is -1.22. The number of aliphatic hydroxyl groups excluding tert-OH is 1. The Morgan fingerprint density at radius 3 is 2.94 bits per heavy atom. The van der Waals surface area contributed by atoms with Gasteiger partial charge in [-0.3, -0.25) is 0 Å². The summed E-state index contributed by atoms with van der Waals surface area (Å²) in [6.07, 6.45) is 1.68. The number of rotatable bonds is 3. The average Bonchev–Trinajstić information content (AvgIpc) is 2.58. The molecular weight excluding hydrogens is 200 g/mol. The van der Waals surface area contributed by atoms with Gasteiger partial charge in [-0.05, 0) is 43.9 Å². The molecule has 0 aromatic heterocycles. The van der Waals surface area contributed by atoms with Crippen LogP contribution in [0.5, 0.6) is 0 Å². The second-order valence-corrected chi connectivity index (χ2v) is 4.71. The molecule has 1 aliphatic rings. The molecule has 0 fully saturated rings. The standard InChI is InChI=1S/C13H20N2O/c1-9-7-11-4-6-15(5-3-10(2)16)13(11)8-12(9)14/h7-8,10,16H,3-6,14H2,1-2H3. The van der Waals surface area contributed by atoms with Gasteiger partial charge >= 0.3 is 0 Å². The van der Waals surface area contributed by atoms with Crippen molar-refractivity contribution in [1.82, 2.24) is 0 Å². The number of aryl methyl sites for hydroxylation is 1. The van der Waals surface area contributed by atoms with Crippen LogP contribution in [0, 0.1) is 6.92 Å². The molecule has 3 nitrogen and oxygen atoms in total. The van der Waals surface area contributed by atoms with Crippen LogP contribution in [0.3, 0.4) is 0 Å². The van der Waals surface area contributed by atoms with E-state index in [9.17, 15) is 5.11 Å². The highest BCUT2D eigenvalue weighted by Crippen LogP contribution is 2.32. The quantitative estimate of drug-likeness (QED) is 0.762. The van der Waals surface area contributed by atoms with Gasteiger partial charge in [-0.2, -0.15) is 0 Å². The molecular formula is C13H20N2O. The Morgan fingerprint density at radius 2 is 2.25 bits per heavy atom. The molecule has 1 aromatic rings. The minimum absolute atomic E-state index is 0.230. The highest BCUT2D eigenvalue weighted by molar-refractivity contribution is 5.67. The van der Waals surface area contributed by atoms with Crippen LogP contribution >= 0.6 is 0 Å². The molecule has 0 amide bonds. The smallest absolute Gasteiger partial charge is 0.0528 e. The van der Waals surface area contributed by atoms with Crippen molar-refractivity contribution >= 4 is 11.4 Å². The molecule has 88 valence electrons. The SMILES string of the molecule is Cc1cc2c(cc1N)N(CCC(C)O)CC2. The van der Waals surface area contributed by atoms with Gasteiger partial charge < -0.3 is 15.7 Å². The molecule has 1 atom stereocenters. The van der Waals surface area contributed by atoms with Crippen molar-refractivity contribution in [2.24, 2.45) is 0 Å². The zero-order valence-corrected chi connectivity index (χ0v) is 10.0. The third-order valence-corrected chi connectivity index (χ3v) is 3.28. The van der Waals surface area contributed by atoms with E-state index in [1.54, 1.807) is 0 Å². The van der Waals surface area contributed by atoms with Gasteiger partial charge in [0.1, 0.15) is 0 Å². The summed E-state index contributed by atoms with van der Waals surface area (Å²) >= 11 is 0. The van der Waals surface area contributed by atoms with Crippen molar-refractivity contribution in [2.45, 2.75) is 32.8 Å². The van der Waals surface area contributed by atoms with Crippen molar-refractivity contribution < 1.29 is 5.11 Å². The first kappa shape index (κ1) is 11.3. The Bertz CT molecular complexity index is 388. The average molecular weight is 220 g/mol. The molecule has 0 aliphatic carbocycles. The number of hydrogen-bond acceptors (Lipinski definition) is 3. The predicted molar refractivity (Wildman–Crippen MR) is 67.8 cm³/mol. The Kier molecular flexibility index (Phi) is 3.06. The summed E-state index contributed by atoms with van der Waals surface area (Å²) in [5, 5.41) is 9.31. The molecule has 1 aromatic carbocycles. The van der Waals surface area contributed by atoms with Gasteiger partial charge in [0.05, 0.1) is 6.10 Å². The molecule has 1 unspecified atom stereocenters. The second-order valence-electron chi connectivity index (χ2n) is 4.71. The summed E-state index contributed by atoms with van der Waals surface area (Å²) in [5.41, 5.74) is 10.6. The molecule has 2 rings (SSSR count). The lowest BCUT2D eigenvalue weighted by Crippen LogP contribution is -2.24. The van der Waals surface area contributed by atoms with Crippen molar-refractivity contribution in [3.05, 3.63) is 23.3 Å². The lowest BCUT2D eigenvalue weighted by molar-refractivity contribution is 0.186. The fourth-order valence-corrected chi connectivity index (χ4v) is 2.22. The van der Waals surface area contributed by atoms with Gasteiger partial charge in [-0.1, -0.05) is 6.07 Å². The molecule has 3 N–H and O–H groups in total. The number of benzene rings is 1. The van der Waals surface area contributed by atoms with Crippen molar-refractivity contribution in [3.63, 3.8) is 0 Å². The zero-order valence-electron chi connectivity index (χ0n) is 10.0. The summed E-state index contributed by atoms with van der Waals surface area (Å²) in [6, 6.07) is 4.26. The topological polar surface area (TPSA) is 49.5 Å². The molecule has 0 saturated heterocycles. The van der Waals surface area contributed by atoms with Crippen molar-refractivity contribution in [3.8, 4) is 0 Å². The normalized spacial score (nSPS) is 16.3. The van der Waals surface area contributed by atoms with E-state index < -0.39 is 0 Å². The zero-order chi connectivity index (χ0) is 11.7. The van der Waals surface area contributed by atoms with E-state index in [-0.39, 0.29) is 6.10 Å². The highest BCUT2D eigenvalue weighted by Gasteiger charge is 2.19. The molecule has 16 heavy (non-hydrogen) atoms. The third-order valence-electron chi connectivity index (χ3n) is 3.28. The minimum Gasteiger partial charge on any atom is -0.398 e. The molecule has 0 radical (unpaired) electrons. The van der Waals surface area contributed by atoms with Gasteiger partial charge in [0.2, 0.25) is 0 Å². The third kappa shape index (κ3) is 2.14. The van der Waals surface area contributed by atoms with E-state index in [2.05, 4.69) is 17.0 Å². The summed E-state index contributed by atoms with van der Waals surface area (Å²) < 4.78 is 0. The number of fused-ring (bicyclic) bond motifs is 1. The van der Waals surface area contributed by atoms with Crippen LogP contribution in [-0.2, 0) is 6.42 Å². The van der Waals surface area contributed by atoms with Crippen LogP contribution in [0.25, 0.3) is 0 Å². The molecule has 0 bridgehead atoms. The number of nitrogens with zero attached hydrogens (tertiary/aromatic N) is 1. The molecule has 3 heteroatoms. The Morgan fingerprint density at radius 1 is 1.50 bits per heavy atom. The highest BCUT2D eigenvalue weighted by atomic mass is 16.3. The molecule has 1 aliphatic heterocycles. The van der Waals surface area contributed by atoms with Crippen LogP contribution in [0.15, 0.2) is 12.1 Å². The molecule has 0 spiro atoms. The van der Waals surface area contributed by atoms with Gasteiger partial charge in [0.25, 0.3) is 0 Å². The summed E-state index contributed by atoms with van der Waals surface area (Å²) in [4.78, 5) is 2.32. The summed E-state index contributed by atoms with van der Waals surface area (Å²) in [5.74, 6) is 0. The molecule has 1 heterocycles. The van der Waals surface area contributed by atoms with E-state index in [0.717, 1.165) is 37.2 Å². The number of hydrogen-bond donors (Lipinski definition) is 2. The fourth-order valence-electron chi connectivity index (χ4n) is 2.22. The largest absolute Gasteiger partial charge is 0.398 e. The van der Waals surface area contributed by atoms with Gasteiger partial charge in [0.15, 0.2) is 0 Å². The van der Waals surface area contributed by atoms with Crippen LogP contribution in [0.2, 0.25) is 0 Å². The summed E-state index contributed by atoms with van der Waals surface area (Å²) in [7, 11) is 0. The second kappa shape index (κ2) is 4.34. The van der Waals surface area contributed by atoms with Crippen molar-refractivity contribution in [1.29, 1.82) is 0 Å². The number of anilines is 2. The first-order chi connectivity index (χ1) is 7.58. The van der Waals surface area contributed by atoms with E-state index >= 15 is 0 Å². The minimum atomic E-state index is -0.230. The number of aliphatic hydroxyl groups is 1. The lowest BCUT2D eigenvalue weighted by Gasteiger charge is -2.20. The summed E-state index contributed by atoms with van der Waals surface area (Å²) in [6.45, 7) is 5.84.